The van der Waals surface area contributed by atoms with Crippen molar-refractivity contribution in [2.75, 3.05) is 44.8 Å². The minimum Gasteiger partial charge on any atom is -0.508 e. The third kappa shape index (κ3) is 27.0. The molecule has 8 rings (SSSR count). The average Bonchev–Trinajstić information content (AvgIpc) is 1.22. The fourth-order valence-corrected chi connectivity index (χ4v) is 13.3. The van der Waals surface area contributed by atoms with Crippen LogP contribution in [0.2, 0.25) is 0 Å². The smallest absolute Gasteiger partial charge is 0.245 e. The lowest BCUT2D eigenvalue weighted by atomic mass is 9.97. The van der Waals surface area contributed by atoms with Gasteiger partial charge in [-0.2, -0.15) is 0 Å². The highest BCUT2D eigenvalue weighted by Crippen LogP contribution is 2.22. The van der Waals surface area contributed by atoms with Gasteiger partial charge in [-0.1, -0.05) is 91.9 Å². The first kappa shape index (κ1) is 88.3. The Morgan fingerprint density at radius 3 is 1.76 bits per heavy atom. The zero-order valence-corrected chi connectivity index (χ0v) is 64.9. The van der Waals surface area contributed by atoms with E-state index in [-0.39, 0.29) is 87.2 Å². The number of carbonyl (C=O) groups is 14. The van der Waals surface area contributed by atoms with Gasteiger partial charge in [0.05, 0.1) is 55.8 Å². The van der Waals surface area contributed by atoms with Crippen LogP contribution in [0.1, 0.15) is 66.9 Å². The molecule has 3 aromatic heterocycles. The number of nitrogens with zero attached hydrogens (tertiary/aromatic N) is 5. The van der Waals surface area contributed by atoms with Gasteiger partial charge >= 0.3 is 0 Å². The van der Waals surface area contributed by atoms with Crippen molar-refractivity contribution in [3.63, 3.8) is 0 Å². The van der Waals surface area contributed by atoms with Gasteiger partial charge in [-0.3, -0.25) is 72.5 Å². The molecule has 1 saturated heterocycles. The summed E-state index contributed by atoms with van der Waals surface area (Å²) in [6.45, 7) is 0.167. The molecule has 14 amide bonds. The predicted octanol–water partition coefficient (Wildman–Crippen LogP) is -4.69. The topological polar surface area (TPSA) is 590 Å². The van der Waals surface area contributed by atoms with Gasteiger partial charge in [-0.05, 0) is 65.8 Å². The van der Waals surface area contributed by atoms with Gasteiger partial charge in [0, 0.05) is 89.2 Å². The normalized spacial score (nSPS) is 22.3. The van der Waals surface area contributed by atoms with Crippen molar-refractivity contribution in [1.29, 1.82) is 5.41 Å². The van der Waals surface area contributed by atoms with Gasteiger partial charge in [0.25, 0.3) is 0 Å². The molecule has 0 aliphatic carbocycles. The zero-order valence-electron chi connectivity index (χ0n) is 64.1. The number of hydrogen-bond donors (Lipinski definition) is 20. The number of guanidine groups is 1. The minimum absolute atomic E-state index is 0.0174. The van der Waals surface area contributed by atoms with Crippen LogP contribution in [0, 0.1) is 5.41 Å². The summed E-state index contributed by atoms with van der Waals surface area (Å²) < 4.78 is 1.54. The molecule has 1 aliphatic heterocycles. The summed E-state index contributed by atoms with van der Waals surface area (Å²) in [4.78, 5) is 221. The number of aliphatic hydroxyl groups excluding tert-OH is 1. The molecule has 4 heterocycles. The molecule has 0 saturated carbocycles. The number of aromatic hydroxyl groups is 1. The molecule has 39 nitrogen and oxygen atoms in total. The van der Waals surface area contributed by atoms with Gasteiger partial charge in [-0.25, -0.2) is 15.0 Å². The second-order valence-electron chi connectivity index (χ2n) is 27.5. The van der Waals surface area contributed by atoms with Gasteiger partial charge in [0.1, 0.15) is 72.2 Å². The number of primary amides is 1. The number of benzene rings is 4. The van der Waals surface area contributed by atoms with E-state index >= 15 is 14.4 Å². The Morgan fingerprint density at radius 2 is 1.13 bits per heavy atom. The largest absolute Gasteiger partial charge is 0.508 e. The van der Waals surface area contributed by atoms with Crippen LogP contribution in [-0.2, 0) is 113 Å². The molecule has 1 aliphatic rings. The van der Waals surface area contributed by atoms with Gasteiger partial charge < -0.3 is 110 Å². The van der Waals surface area contributed by atoms with Crippen molar-refractivity contribution in [2.24, 2.45) is 18.5 Å². The van der Waals surface area contributed by atoms with Crippen molar-refractivity contribution in [3.8, 4) is 5.75 Å². The number of phenols is 1. The number of hydrogen-bond acceptors (Lipinski definition) is 21. The van der Waals surface area contributed by atoms with Gasteiger partial charge in [0.2, 0.25) is 82.7 Å². The molecule has 22 N–H and O–H groups in total. The average molecular weight is 1620 g/mol. The second kappa shape index (κ2) is 43.7. The van der Waals surface area contributed by atoms with Crippen LogP contribution in [0.4, 0.5) is 0 Å². The number of nitrogens with one attached hydrogen (secondary N) is 16. The maximum atomic E-state index is 15.1. The lowest BCUT2D eigenvalue weighted by Gasteiger charge is -2.33. The van der Waals surface area contributed by atoms with Crippen LogP contribution >= 0.6 is 11.8 Å². The number of aliphatic hydroxyl groups is 1. The van der Waals surface area contributed by atoms with Crippen LogP contribution in [0.25, 0.3) is 10.8 Å². The molecule has 618 valence electrons. The summed E-state index contributed by atoms with van der Waals surface area (Å²) >= 11 is 0.813. The summed E-state index contributed by atoms with van der Waals surface area (Å²) in [5.41, 5.74) is 13.4. The number of aryl methyl sites for hydroxylation is 1. The summed E-state index contributed by atoms with van der Waals surface area (Å²) in [5.74, 6) is -14.8. The Labute approximate surface area is 670 Å². The number of imidazole rings is 3. The lowest BCUT2D eigenvalue weighted by Crippen LogP contribution is -2.61. The van der Waals surface area contributed by atoms with Crippen LogP contribution in [-0.4, -0.2) is 245 Å². The number of nitrogens with two attached hydrogens (primary N) is 2. The molecule has 40 heteroatoms. The summed E-state index contributed by atoms with van der Waals surface area (Å²) in [7, 11) is 2.83. The Balaban J connectivity index is 1.16. The molecule has 0 spiro atoms. The number of H-pyrrole nitrogens is 2. The van der Waals surface area contributed by atoms with Crippen molar-refractivity contribution >= 4 is 111 Å². The van der Waals surface area contributed by atoms with E-state index in [1.807, 2.05) is 24.3 Å². The summed E-state index contributed by atoms with van der Waals surface area (Å²) in [6.07, 6.45) is 6.44. The molecule has 1 fully saturated rings. The number of aromatic amines is 2. The third-order valence-corrected chi connectivity index (χ3v) is 19.8. The van der Waals surface area contributed by atoms with E-state index < -0.39 is 181 Å². The highest BCUT2D eigenvalue weighted by Gasteiger charge is 2.39. The number of aromatic nitrogens is 6. The maximum Gasteiger partial charge on any atom is 0.245 e. The van der Waals surface area contributed by atoms with Crippen molar-refractivity contribution in [3.05, 3.63) is 168 Å². The third-order valence-electron chi connectivity index (χ3n) is 18.8. The Bertz CT molecular complexity index is 4580. The van der Waals surface area contributed by atoms with E-state index in [9.17, 15) is 63.0 Å². The van der Waals surface area contributed by atoms with Crippen molar-refractivity contribution < 1.29 is 77.3 Å². The molecular weight excluding hydrogens is 1520 g/mol. The maximum absolute atomic E-state index is 15.1. The molecule has 116 heavy (non-hydrogen) atoms. The van der Waals surface area contributed by atoms with Crippen molar-refractivity contribution in [2.45, 2.75) is 138 Å². The highest BCUT2D eigenvalue weighted by molar-refractivity contribution is 8.00. The van der Waals surface area contributed by atoms with Crippen LogP contribution in [0.15, 0.2) is 135 Å². The first-order valence-corrected chi connectivity index (χ1v) is 38.3. The number of carbonyl (C=O) groups excluding carboxylic acids is 14. The SMILES string of the molecule is CC[C@@H]1NC(=O)[C@H](Cc2ccccc2)NC(=O)CSC[C@@H](C(=O)NCC(N)=O)NC(=O)[C@H](Cc2cncn2C)NC(=O)[C@H](C)NC(=O)[C@H](Cc2c[nH]cn2)NC(=O)[C@H](Cc2ccc(O)cc2)N(C)C(=O)[C@H](CCCNC(=N)N)NC(=O)[C@H](CO)NC(=O)CNC(=O)[C@H](Cc2c[nH]cn2)NC(=O)[C@H](Cc2cccc3ccccc23)NC1=O. The number of thioether (sulfide) groups is 1. The van der Waals surface area contributed by atoms with E-state index in [2.05, 4.69) is 94.0 Å². The predicted molar refractivity (Wildman–Crippen MR) is 422 cm³/mol. The van der Waals surface area contributed by atoms with Gasteiger partial charge in [-0.15, -0.1) is 11.8 Å². The zero-order chi connectivity index (χ0) is 84.0. The number of phenolic OH excluding ortho intramolecular Hbond substituents is 1. The number of fused-ring (bicyclic) bond motifs is 1. The summed E-state index contributed by atoms with van der Waals surface area (Å²) in [6, 6.07) is 9.53. The van der Waals surface area contributed by atoms with E-state index in [1.165, 1.54) is 75.8 Å². The van der Waals surface area contributed by atoms with Crippen LogP contribution in [0.5, 0.6) is 5.75 Å². The number of rotatable bonds is 21. The van der Waals surface area contributed by atoms with E-state index in [4.69, 9.17) is 16.9 Å². The molecule has 4 aromatic carbocycles. The highest BCUT2D eigenvalue weighted by atomic mass is 32.2. The van der Waals surface area contributed by atoms with Gasteiger partial charge in [0.15, 0.2) is 5.96 Å². The quantitative estimate of drug-likeness (QED) is 0.0183. The van der Waals surface area contributed by atoms with Crippen LogP contribution in [0.3, 0.4) is 0 Å². The van der Waals surface area contributed by atoms with E-state index in [0.29, 0.717) is 27.8 Å². The monoisotopic (exact) mass is 1620 g/mol. The molecule has 11 atom stereocenters. The standard InChI is InChI=1S/C76H97N23O16S/c1-5-52-68(108)94-55(27-46-17-11-16-45-15-9-10-18-51(45)46)71(111)95-56(28-47-31-80-39-86-47)66(106)85-35-63(103)90-59(36-100)73(113)92-53(19-12-24-83-76(78)79)75(115)99(4)61(26-44-20-22-50(101)23-21-44)74(114)96-57(29-48-32-81-40-87-48)69(109)88-42(2)65(105)93-58(30-49-33-82-41-98(49)3)72(112)97-60(67(107)84-34-62(77)102)37-116-38-64(104)89-54(70(110)91-52)25-43-13-7-6-8-14-43/h6-11,13-18,20-23,31-33,39-42,52-61,100-101H,5,12,19,24-30,34-38H2,1-4H3,(H2,77,102)(H,80,86)(H,81,87)(H,84,107)(H,85,106)(H,88,109)(H,89,104)(H,90,103)(H,91,110)(H,92,113)(H,93,105)(H,94,108)(H,95,111)(H,96,114)(H,97,112)(H4,78,79,83)/t42-,52-,53-,54-,55-,56-,57-,58-,59-,60-,61-/m0/s1. The van der Waals surface area contributed by atoms with E-state index in [0.717, 1.165) is 22.0 Å². The lowest BCUT2D eigenvalue weighted by molar-refractivity contribution is -0.143. The number of amides is 14. The Hall–Kier alpha value is -13.3. The molecular formula is C76H97N23O16S. The molecule has 0 bridgehead atoms. The minimum atomic E-state index is -1.83. The first-order chi connectivity index (χ1) is 55.6. The molecule has 0 unspecified atom stereocenters. The second-order valence-corrected chi connectivity index (χ2v) is 28.5. The Morgan fingerprint density at radius 1 is 0.578 bits per heavy atom. The molecule has 7 aromatic rings. The summed E-state index contributed by atoms with van der Waals surface area (Å²) in [5, 5.41) is 63.8. The number of likely N-dealkylation sites (N-methyl/N-ethyl adjacent to an activating group) is 1. The fraction of sp³-hybridized carbons (Fsp3) is 0.395. The van der Waals surface area contributed by atoms with Crippen LogP contribution < -0.4 is 80.6 Å². The Kier molecular flexibility index (Phi) is 33.2. The van der Waals surface area contributed by atoms with E-state index in [1.54, 1.807) is 67.1 Å². The molecule has 0 radical (unpaired) electrons. The first-order valence-electron chi connectivity index (χ1n) is 37.1. The van der Waals surface area contributed by atoms with Crippen molar-refractivity contribution in [1.82, 2.24) is 104 Å². The fourth-order valence-electron chi connectivity index (χ4n) is 12.4.